The number of halogens is 2. The fourth-order valence-electron chi connectivity index (χ4n) is 2.53. The van der Waals surface area contributed by atoms with Crippen LogP contribution < -0.4 is 16.6 Å². The second kappa shape index (κ2) is 6.70. The number of primary amides is 1. The lowest BCUT2D eigenvalue weighted by molar-refractivity contribution is 0.100. The van der Waals surface area contributed by atoms with Crippen LogP contribution in [-0.4, -0.2) is 21.9 Å². The van der Waals surface area contributed by atoms with Crippen LogP contribution in [0.25, 0.3) is 10.9 Å². The van der Waals surface area contributed by atoms with E-state index in [1.165, 1.54) is 24.3 Å². The Morgan fingerprint density at radius 3 is 2.54 bits per heavy atom. The minimum absolute atomic E-state index is 0.0578. The van der Waals surface area contributed by atoms with Gasteiger partial charge in [-0.2, -0.15) is 0 Å². The number of nitrogens with one attached hydrogen (secondary N) is 2. The summed E-state index contributed by atoms with van der Waals surface area (Å²) in [5.41, 5.74) is 4.20. The van der Waals surface area contributed by atoms with Crippen molar-refractivity contribution in [1.29, 1.82) is 0 Å². The smallest absolute Gasteiger partial charge is 0.265 e. The summed E-state index contributed by atoms with van der Waals surface area (Å²) in [6.07, 6.45) is 0. The van der Waals surface area contributed by atoms with Crippen LogP contribution in [0.2, 0.25) is 10.0 Å². The number of rotatable bonds is 3. The maximum atomic E-state index is 12.5. The van der Waals surface area contributed by atoms with Crippen LogP contribution in [0.15, 0.2) is 41.2 Å². The van der Waals surface area contributed by atoms with E-state index in [9.17, 15) is 19.5 Å². The SMILES string of the molecule is NC(=O)c1ccccc1NC(=O)c1c(O)c2c(Cl)cc(Cl)cc2[nH]c1=O. The first-order chi connectivity index (χ1) is 12.3. The maximum absolute atomic E-state index is 12.5. The summed E-state index contributed by atoms with van der Waals surface area (Å²) in [6.45, 7) is 0. The zero-order chi connectivity index (χ0) is 19.0. The predicted molar refractivity (Wildman–Crippen MR) is 99.2 cm³/mol. The third-order valence-electron chi connectivity index (χ3n) is 3.67. The van der Waals surface area contributed by atoms with Crippen molar-refractivity contribution in [3.8, 4) is 5.75 Å². The number of amides is 2. The van der Waals surface area contributed by atoms with E-state index in [2.05, 4.69) is 10.3 Å². The number of hydrogen-bond donors (Lipinski definition) is 4. The molecule has 0 bridgehead atoms. The third kappa shape index (κ3) is 3.10. The van der Waals surface area contributed by atoms with Crippen LogP contribution in [0.5, 0.6) is 5.75 Å². The fraction of sp³-hybridized carbons (Fsp3) is 0. The molecule has 7 nitrogen and oxygen atoms in total. The van der Waals surface area contributed by atoms with E-state index in [1.54, 1.807) is 12.1 Å². The summed E-state index contributed by atoms with van der Waals surface area (Å²) in [7, 11) is 0. The van der Waals surface area contributed by atoms with Crippen LogP contribution in [0.1, 0.15) is 20.7 Å². The zero-order valence-corrected chi connectivity index (χ0v) is 14.5. The number of aromatic nitrogens is 1. The number of aromatic amines is 1. The van der Waals surface area contributed by atoms with Crippen LogP contribution in [-0.2, 0) is 0 Å². The molecule has 0 radical (unpaired) electrons. The number of nitrogens with two attached hydrogens (primary N) is 1. The van der Waals surface area contributed by atoms with Crippen molar-refractivity contribution in [3.63, 3.8) is 0 Å². The Morgan fingerprint density at radius 1 is 1.15 bits per heavy atom. The number of H-pyrrole nitrogens is 1. The number of aromatic hydroxyl groups is 1. The number of carbonyl (C=O) groups excluding carboxylic acids is 2. The Balaban J connectivity index is 2.13. The average Bonchev–Trinajstić information content (AvgIpc) is 2.53. The first-order valence-electron chi connectivity index (χ1n) is 7.23. The molecule has 9 heteroatoms. The molecular weight excluding hydrogens is 381 g/mol. The van der Waals surface area contributed by atoms with Gasteiger partial charge in [-0.1, -0.05) is 35.3 Å². The lowest BCUT2D eigenvalue weighted by atomic mass is 10.1. The lowest BCUT2D eigenvalue weighted by Crippen LogP contribution is -2.25. The summed E-state index contributed by atoms with van der Waals surface area (Å²) >= 11 is 11.9. The Hall–Kier alpha value is -3.03. The van der Waals surface area contributed by atoms with Crippen LogP contribution in [0.4, 0.5) is 5.69 Å². The number of fused-ring (bicyclic) bond motifs is 1. The van der Waals surface area contributed by atoms with Gasteiger partial charge in [0.05, 0.1) is 27.2 Å². The van der Waals surface area contributed by atoms with Gasteiger partial charge in [-0.3, -0.25) is 14.4 Å². The second-order valence-electron chi connectivity index (χ2n) is 5.35. The van der Waals surface area contributed by atoms with Gasteiger partial charge in [0.2, 0.25) is 0 Å². The standard InChI is InChI=1S/C17H11Cl2N3O4/c18-7-5-9(19)12-11(6-7)22-17(26)13(14(12)23)16(25)21-10-4-2-1-3-8(10)15(20)24/h1-6H,(H2,20,24)(H,21,25)(H2,22,23,26). The molecule has 0 spiro atoms. The van der Waals surface area contributed by atoms with Crippen molar-refractivity contribution >= 4 is 51.6 Å². The van der Waals surface area contributed by atoms with Gasteiger partial charge in [0.15, 0.2) is 0 Å². The molecule has 1 aromatic heterocycles. The van der Waals surface area contributed by atoms with Gasteiger partial charge < -0.3 is 21.1 Å². The van der Waals surface area contributed by atoms with Crippen LogP contribution in [0, 0.1) is 0 Å². The normalized spacial score (nSPS) is 10.7. The molecule has 2 aromatic carbocycles. The van der Waals surface area contributed by atoms with Gasteiger partial charge in [0, 0.05) is 5.02 Å². The van der Waals surface area contributed by atoms with E-state index in [1.807, 2.05) is 0 Å². The summed E-state index contributed by atoms with van der Waals surface area (Å²) in [4.78, 5) is 38.7. The van der Waals surface area contributed by atoms with Crippen LogP contribution >= 0.6 is 23.2 Å². The zero-order valence-electron chi connectivity index (χ0n) is 13.0. The molecule has 2 amide bonds. The van der Waals surface area contributed by atoms with Gasteiger partial charge in [-0.05, 0) is 24.3 Å². The molecule has 0 aliphatic heterocycles. The number of carbonyl (C=O) groups is 2. The molecule has 0 aliphatic carbocycles. The van der Waals surface area contributed by atoms with Crippen molar-refractivity contribution in [3.05, 3.63) is 67.9 Å². The third-order valence-corrected chi connectivity index (χ3v) is 4.19. The molecule has 0 saturated heterocycles. The van der Waals surface area contributed by atoms with Gasteiger partial charge in [0.25, 0.3) is 17.4 Å². The minimum Gasteiger partial charge on any atom is -0.506 e. The number of anilines is 1. The molecule has 0 atom stereocenters. The van der Waals surface area contributed by atoms with Gasteiger partial charge in [-0.15, -0.1) is 0 Å². The average molecular weight is 392 g/mol. The molecule has 0 aliphatic rings. The highest BCUT2D eigenvalue weighted by Crippen LogP contribution is 2.34. The molecule has 26 heavy (non-hydrogen) atoms. The van der Waals surface area contributed by atoms with Crippen molar-refractivity contribution < 1.29 is 14.7 Å². The van der Waals surface area contributed by atoms with Crippen molar-refractivity contribution in [2.45, 2.75) is 0 Å². The first kappa shape index (κ1) is 17.8. The van der Waals surface area contributed by atoms with Gasteiger partial charge in [0.1, 0.15) is 11.3 Å². The monoisotopic (exact) mass is 391 g/mol. The van der Waals surface area contributed by atoms with E-state index in [4.69, 9.17) is 28.9 Å². The van der Waals surface area contributed by atoms with Crippen LogP contribution in [0.3, 0.4) is 0 Å². The number of hydrogen-bond acceptors (Lipinski definition) is 4. The molecule has 0 fully saturated rings. The van der Waals surface area contributed by atoms with E-state index >= 15 is 0 Å². The van der Waals surface area contributed by atoms with Crippen molar-refractivity contribution in [1.82, 2.24) is 4.98 Å². The molecule has 1 heterocycles. The van der Waals surface area contributed by atoms with E-state index in [0.717, 1.165) is 0 Å². The van der Waals surface area contributed by atoms with Crippen molar-refractivity contribution in [2.75, 3.05) is 5.32 Å². The van der Waals surface area contributed by atoms with E-state index in [0.29, 0.717) is 0 Å². The summed E-state index contributed by atoms with van der Waals surface area (Å²) < 4.78 is 0. The molecule has 3 aromatic rings. The minimum atomic E-state index is -0.926. The van der Waals surface area contributed by atoms with E-state index < -0.39 is 28.7 Å². The van der Waals surface area contributed by atoms with Crippen molar-refractivity contribution in [2.24, 2.45) is 5.73 Å². The number of benzene rings is 2. The molecule has 3 rings (SSSR count). The molecule has 0 unspecified atom stereocenters. The lowest BCUT2D eigenvalue weighted by Gasteiger charge is -2.11. The Bertz CT molecular complexity index is 1120. The summed E-state index contributed by atoms with van der Waals surface area (Å²) in [6, 6.07) is 8.77. The highest BCUT2D eigenvalue weighted by Gasteiger charge is 2.22. The Kier molecular flexibility index (Phi) is 4.58. The second-order valence-corrected chi connectivity index (χ2v) is 6.20. The molecule has 5 N–H and O–H groups in total. The quantitative estimate of drug-likeness (QED) is 0.547. The fourth-order valence-corrected chi connectivity index (χ4v) is 3.12. The maximum Gasteiger partial charge on any atom is 0.265 e. The molecule has 132 valence electrons. The highest BCUT2D eigenvalue weighted by molar-refractivity contribution is 6.39. The predicted octanol–water partition coefficient (Wildman–Crippen LogP) is 2.89. The van der Waals surface area contributed by atoms with Gasteiger partial charge in [-0.25, -0.2) is 0 Å². The highest BCUT2D eigenvalue weighted by atomic mass is 35.5. The molecular formula is C17H11Cl2N3O4. The first-order valence-corrected chi connectivity index (χ1v) is 7.99. The number of para-hydroxylation sites is 1. The van der Waals surface area contributed by atoms with E-state index in [-0.39, 0.29) is 32.2 Å². The molecule has 0 saturated carbocycles. The summed E-state index contributed by atoms with van der Waals surface area (Å²) in [5.74, 6) is -2.28. The Morgan fingerprint density at radius 2 is 1.85 bits per heavy atom. The topological polar surface area (TPSA) is 125 Å². The van der Waals surface area contributed by atoms with Gasteiger partial charge >= 0.3 is 0 Å². The largest absolute Gasteiger partial charge is 0.506 e. The summed E-state index contributed by atoms with van der Waals surface area (Å²) in [5, 5.41) is 13.2. The Labute approximate surface area is 156 Å². The number of pyridine rings is 1.